The fourth-order valence-electron chi connectivity index (χ4n) is 3.03. The van der Waals surface area contributed by atoms with E-state index in [9.17, 15) is 32.3 Å². The normalized spacial score (nSPS) is 19.5. The van der Waals surface area contributed by atoms with Crippen molar-refractivity contribution in [3.8, 4) is 0 Å². The number of rotatable bonds is 4. The molecule has 0 spiro atoms. The highest BCUT2D eigenvalue weighted by Crippen LogP contribution is 2.33. The Morgan fingerprint density at radius 2 is 1.86 bits per heavy atom. The highest BCUT2D eigenvalue weighted by molar-refractivity contribution is 6.30. The average molecular weight is 431 g/mol. The van der Waals surface area contributed by atoms with Crippen molar-refractivity contribution in [2.45, 2.75) is 24.7 Å². The molecule has 0 radical (unpaired) electrons. The molecule has 3 rings (SSSR count). The monoisotopic (exact) mass is 430 g/mol. The summed E-state index contributed by atoms with van der Waals surface area (Å²) in [5, 5.41) is 13.0. The quantitative estimate of drug-likeness (QED) is 0.578. The van der Waals surface area contributed by atoms with Crippen LogP contribution in [0.1, 0.15) is 17.5 Å². The van der Waals surface area contributed by atoms with Crippen LogP contribution in [0, 0.1) is 5.82 Å². The predicted molar refractivity (Wildman–Crippen MR) is 96.6 cm³/mol. The van der Waals surface area contributed by atoms with Gasteiger partial charge in [-0.25, -0.2) is 4.39 Å². The number of aliphatic hydroxyl groups is 1. The van der Waals surface area contributed by atoms with Gasteiger partial charge in [0, 0.05) is 30.2 Å². The summed E-state index contributed by atoms with van der Waals surface area (Å²) < 4.78 is 51.4. The van der Waals surface area contributed by atoms with Crippen LogP contribution >= 0.6 is 11.6 Å². The van der Waals surface area contributed by atoms with Crippen LogP contribution < -0.4 is 10.2 Å². The van der Waals surface area contributed by atoms with E-state index in [-0.39, 0.29) is 30.2 Å². The van der Waals surface area contributed by atoms with Gasteiger partial charge in [-0.2, -0.15) is 13.2 Å². The maximum absolute atomic E-state index is 13.4. The van der Waals surface area contributed by atoms with Crippen LogP contribution in [0.4, 0.5) is 23.2 Å². The molecule has 5 nitrogen and oxygen atoms in total. The third kappa shape index (κ3) is 4.35. The summed E-state index contributed by atoms with van der Waals surface area (Å²) in [6, 6.07) is 7.46. The van der Waals surface area contributed by atoms with Gasteiger partial charge in [-0.3, -0.25) is 9.59 Å². The Kier molecular flexibility index (Phi) is 5.55. The maximum Gasteiger partial charge on any atom is 0.416 e. The zero-order valence-electron chi connectivity index (χ0n) is 14.8. The smallest absolute Gasteiger partial charge is 0.372 e. The molecule has 0 unspecified atom stereocenters. The van der Waals surface area contributed by atoms with E-state index in [2.05, 4.69) is 5.32 Å². The minimum absolute atomic E-state index is 0.0556. The summed E-state index contributed by atoms with van der Waals surface area (Å²) in [4.78, 5) is 26.0. The van der Waals surface area contributed by atoms with Gasteiger partial charge >= 0.3 is 6.18 Å². The van der Waals surface area contributed by atoms with E-state index >= 15 is 0 Å². The zero-order valence-corrected chi connectivity index (χ0v) is 15.5. The van der Waals surface area contributed by atoms with Gasteiger partial charge in [0.05, 0.1) is 5.56 Å². The van der Waals surface area contributed by atoms with Gasteiger partial charge in [0.2, 0.25) is 5.60 Å². The minimum atomic E-state index is -4.52. The summed E-state index contributed by atoms with van der Waals surface area (Å²) in [5.74, 6) is -2.55. The highest BCUT2D eigenvalue weighted by Gasteiger charge is 2.51. The molecule has 10 heteroatoms. The average Bonchev–Trinajstić information content (AvgIpc) is 2.94. The summed E-state index contributed by atoms with van der Waals surface area (Å²) in [7, 11) is 0. The SMILES string of the molecule is O=C(NCc1cc(F)cc(Cl)c1)[C@@]1(O)CCN(c2ccc(C(F)(F)F)cc2)C1=O. The summed E-state index contributed by atoms with van der Waals surface area (Å²) >= 11 is 5.74. The fourth-order valence-corrected chi connectivity index (χ4v) is 3.28. The number of halogens is 5. The molecule has 1 saturated heterocycles. The Morgan fingerprint density at radius 3 is 2.45 bits per heavy atom. The largest absolute Gasteiger partial charge is 0.416 e. The Morgan fingerprint density at radius 1 is 1.21 bits per heavy atom. The lowest BCUT2D eigenvalue weighted by Gasteiger charge is -2.22. The number of anilines is 1. The van der Waals surface area contributed by atoms with Crippen LogP contribution in [0.5, 0.6) is 0 Å². The van der Waals surface area contributed by atoms with Gasteiger partial charge in [0.1, 0.15) is 5.82 Å². The van der Waals surface area contributed by atoms with E-state index in [1.54, 1.807) is 0 Å². The van der Waals surface area contributed by atoms with Gasteiger partial charge in [-0.05, 0) is 48.0 Å². The molecule has 0 saturated carbocycles. The van der Waals surface area contributed by atoms with Crippen LogP contribution in [0.2, 0.25) is 5.02 Å². The molecule has 1 atom stereocenters. The molecule has 2 N–H and O–H groups in total. The number of nitrogens with zero attached hydrogens (tertiary/aromatic N) is 1. The number of carbonyl (C=O) groups is 2. The molecular formula is C19H15ClF4N2O3. The topological polar surface area (TPSA) is 69.6 Å². The number of alkyl halides is 3. The second kappa shape index (κ2) is 7.64. The van der Waals surface area contributed by atoms with E-state index in [0.717, 1.165) is 41.3 Å². The first-order chi connectivity index (χ1) is 13.5. The standard InChI is InChI=1S/C19H15ClF4N2O3/c20-13-7-11(8-14(21)9-13)10-25-16(27)18(29)5-6-26(17(18)28)15-3-1-12(2-4-15)19(22,23)24/h1-4,7-9,29H,5-6,10H2,(H,25,27)/t18-/m0/s1. The van der Waals surface area contributed by atoms with Crippen molar-refractivity contribution in [1.82, 2.24) is 5.32 Å². The Balaban J connectivity index is 1.70. The molecule has 0 bridgehead atoms. The van der Waals surface area contributed by atoms with Gasteiger partial charge in [0.25, 0.3) is 11.8 Å². The maximum atomic E-state index is 13.4. The first kappa shape index (κ1) is 21.1. The van der Waals surface area contributed by atoms with Crippen molar-refractivity contribution in [2.24, 2.45) is 0 Å². The molecule has 2 amide bonds. The molecule has 1 fully saturated rings. The Bertz CT molecular complexity index is 929. The van der Waals surface area contributed by atoms with E-state index in [1.807, 2.05) is 0 Å². The Labute approximate surface area is 167 Å². The second-order valence-corrected chi connectivity index (χ2v) is 7.01. The van der Waals surface area contributed by atoms with Crippen LogP contribution in [0.15, 0.2) is 42.5 Å². The number of benzene rings is 2. The number of amides is 2. The molecule has 29 heavy (non-hydrogen) atoms. The van der Waals surface area contributed by atoms with Crippen molar-refractivity contribution in [1.29, 1.82) is 0 Å². The third-order valence-corrected chi connectivity index (χ3v) is 4.77. The molecule has 2 aromatic rings. The predicted octanol–water partition coefficient (Wildman–Crippen LogP) is 3.28. The van der Waals surface area contributed by atoms with E-state index < -0.39 is 35.0 Å². The van der Waals surface area contributed by atoms with E-state index in [0.29, 0.717) is 5.56 Å². The third-order valence-electron chi connectivity index (χ3n) is 4.55. The number of carbonyl (C=O) groups excluding carboxylic acids is 2. The molecule has 1 heterocycles. The highest BCUT2D eigenvalue weighted by atomic mass is 35.5. The lowest BCUT2D eigenvalue weighted by Crippen LogP contribution is -2.52. The van der Waals surface area contributed by atoms with Crippen LogP contribution in [-0.2, 0) is 22.3 Å². The number of hydrogen-bond acceptors (Lipinski definition) is 3. The number of nitrogens with one attached hydrogen (secondary N) is 1. The van der Waals surface area contributed by atoms with Crippen molar-refractivity contribution < 1.29 is 32.3 Å². The second-order valence-electron chi connectivity index (χ2n) is 6.57. The summed E-state index contributed by atoms with van der Waals surface area (Å²) in [6.45, 7) is -0.230. The van der Waals surface area contributed by atoms with Crippen LogP contribution in [0.3, 0.4) is 0 Å². The van der Waals surface area contributed by atoms with Crippen molar-refractivity contribution >= 4 is 29.1 Å². The van der Waals surface area contributed by atoms with E-state index in [4.69, 9.17) is 11.6 Å². The van der Waals surface area contributed by atoms with E-state index in [1.165, 1.54) is 6.07 Å². The van der Waals surface area contributed by atoms with Crippen molar-refractivity contribution in [2.75, 3.05) is 11.4 Å². The van der Waals surface area contributed by atoms with Gasteiger partial charge in [-0.1, -0.05) is 11.6 Å². The number of hydrogen-bond donors (Lipinski definition) is 2. The van der Waals surface area contributed by atoms with Crippen LogP contribution in [-0.4, -0.2) is 29.1 Å². The molecule has 0 aliphatic carbocycles. The molecule has 154 valence electrons. The lowest BCUT2D eigenvalue weighted by atomic mass is 10.0. The fraction of sp³-hybridized carbons (Fsp3) is 0.263. The molecule has 1 aliphatic rings. The molecule has 0 aromatic heterocycles. The summed E-state index contributed by atoms with van der Waals surface area (Å²) in [6.07, 6.45) is -4.77. The lowest BCUT2D eigenvalue weighted by molar-refractivity contribution is -0.149. The minimum Gasteiger partial charge on any atom is -0.372 e. The molecule has 2 aromatic carbocycles. The summed E-state index contributed by atoms with van der Waals surface area (Å²) in [5.41, 5.74) is -2.80. The first-order valence-electron chi connectivity index (χ1n) is 8.45. The Hall–Kier alpha value is -2.65. The van der Waals surface area contributed by atoms with Crippen molar-refractivity contribution in [3.05, 3.63) is 64.4 Å². The van der Waals surface area contributed by atoms with Crippen molar-refractivity contribution in [3.63, 3.8) is 0 Å². The van der Waals surface area contributed by atoms with Gasteiger partial charge < -0.3 is 15.3 Å². The first-order valence-corrected chi connectivity index (χ1v) is 8.83. The van der Waals surface area contributed by atoms with Gasteiger partial charge in [0.15, 0.2) is 0 Å². The van der Waals surface area contributed by atoms with Gasteiger partial charge in [-0.15, -0.1) is 0 Å². The zero-order chi connectivity index (χ0) is 21.4. The molecular weight excluding hydrogens is 416 g/mol. The van der Waals surface area contributed by atoms with Crippen LogP contribution in [0.25, 0.3) is 0 Å². The molecule has 1 aliphatic heterocycles.